The number of nitrogens with one attached hydrogen (secondary N) is 2. The molecule has 2 aliphatic heterocycles. The number of carboxylic acid groups (broad SMARTS) is 1. The number of benzene rings is 2. The number of carbonyl (C=O) groups is 5. The molecule has 14 heteroatoms. The molecular formula is C44H59ClN4O9. The molecular weight excluding hydrogens is 764 g/mol. The normalized spacial score (nSPS) is 26.2. The molecule has 3 aliphatic rings. The molecule has 13 nitrogen and oxygen atoms in total. The van der Waals surface area contributed by atoms with E-state index in [0.29, 0.717) is 16.3 Å². The summed E-state index contributed by atoms with van der Waals surface area (Å²) < 4.78 is 17.3. The first kappa shape index (κ1) is 44.6. The maximum Gasteiger partial charge on any atom is 0.347 e. The molecule has 1 saturated heterocycles. The van der Waals surface area contributed by atoms with E-state index < -0.39 is 53.4 Å². The van der Waals surface area contributed by atoms with E-state index in [0.717, 1.165) is 39.1 Å². The van der Waals surface area contributed by atoms with Crippen LogP contribution < -0.4 is 15.4 Å². The van der Waals surface area contributed by atoms with Crippen molar-refractivity contribution < 1.29 is 43.3 Å². The van der Waals surface area contributed by atoms with Gasteiger partial charge in [-0.05, 0) is 85.3 Å². The summed E-state index contributed by atoms with van der Waals surface area (Å²) in [6.07, 6.45) is 2.81. The van der Waals surface area contributed by atoms with Crippen LogP contribution in [0, 0.1) is 23.2 Å². The van der Waals surface area contributed by atoms with Gasteiger partial charge in [0.1, 0.15) is 17.9 Å². The number of piperazine rings is 1. The molecule has 1 saturated carbocycles. The summed E-state index contributed by atoms with van der Waals surface area (Å²) in [6, 6.07) is 12.8. The molecule has 58 heavy (non-hydrogen) atoms. The van der Waals surface area contributed by atoms with Crippen molar-refractivity contribution in [2.45, 2.75) is 91.0 Å². The first-order valence-corrected chi connectivity index (χ1v) is 20.6. The number of halogens is 1. The zero-order chi connectivity index (χ0) is 42.1. The Kier molecular flexibility index (Phi) is 15.4. The van der Waals surface area contributed by atoms with E-state index in [-0.39, 0.29) is 56.0 Å². The van der Waals surface area contributed by atoms with Gasteiger partial charge in [-0.3, -0.25) is 29.0 Å². The van der Waals surface area contributed by atoms with Crippen LogP contribution >= 0.6 is 11.6 Å². The number of nitrogens with zero attached hydrogens (tertiary/aromatic N) is 2. The van der Waals surface area contributed by atoms with Gasteiger partial charge < -0.3 is 30.0 Å². The Morgan fingerprint density at radius 2 is 1.66 bits per heavy atom. The van der Waals surface area contributed by atoms with E-state index in [1.54, 1.807) is 38.1 Å². The third-order valence-electron chi connectivity index (χ3n) is 11.4. The molecule has 0 radical (unpaired) electrons. The van der Waals surface area contributed by atoms with Gasteiger partial charge in [-0.2, -0.15) is 0 Å². The zero-order valence-electron chi connectivity index (χ0n) is 34.5. The Morgan fingerprint density at radius 1 is 0.983 bits per heavy atom. The second-order valence-electron chi connectivity index (χ2n) is 17.0. The second-order valence-corrected chi connectivity index (χ2v) is 17.4. The van der Waals surface area contributed by atoms with Crippen molar-refractivity contribution in [1.82, 2.24) is 20.4 Å². The average molecular weight is 823 g/mol. The second kappa shape index (κ2) is 20.0. The van der Waals surface area contributed by atoms with Crippen LogP contribution in [-0.2, 0) is 46.4 Å². The van der Waals surface area contributed by atoms with E-state index in [4.69, 9.17) is 30.9 Å². The van der Waals surface area contributed by atoms with Crippen molar-refractivity contribution >= 4 is 41.3 Å². The number of methoxy groups -OCH3 is 1. The summed E-state index contributed by atoms with van der Waals surface area (Å²) in [4.78, 5) is 69.7. The first-order valence-electron chi connectivity index (χ1n) is 20.3. The first-order chi connectivity index (χ1) is 27.5. The molecule has 5 rings (SSSR count). The van der Waals surface area contributed by atoms with Gasteiger partial charge in [0, 0.05) is 52.1 Å². The smallest absolute Gasteiger partial charge is 0.347 e. The van der Waals surface area contributed by atoms with Crippen molar-refractivity contribution in [3.8, 4) is 5.75 Å². The van der Waals surface area contributed by atoms with Crippen molar-refractivity contribution in [2.75, 3.05) is 46.4 Å². The quantitative estimate of drug-likeness (QED) is 0.247. The lowest BCUT2D eigenvalue weighted by molar-refractivity contribution is -0.179. The molecule has 3 N–H and O–H groups in total. The summed E-state index contributed by atoms with van der Waals surface area (Å²) in [7, 11) is 1.51. The molecule has 2 amide bonds. The van der Waals surface area contributed by atoms with Gasteiger partial charge in [0.15, 0.2) is 6.10 Å². The molecule has 2 fully saturated rings. The predicted molar refractivity (Wildman–Crippen MR) is 219 cm³/mol. The number of carboxylic acids is 1. The summed E-state index contributed by atoms with van der Waals surface area (Å²) in [5, 5.41) is 15.1. The van der Waals surface area contributed by atoms with Crippen LogP contribution in [0.2, 0.25) is 5.02 Å². The van der Waals surface area contributed by atoms with Crippen LogP contribution in [0.5, 0.6) is 5.75 Å². The average Bonchev–Trinajstić information content (AvgIpc) is 3.97. The topological polar surface area (TPSA) is 164 Å². The fourth-order valence-corrected chi connectivity index (χ4v) is 7.98. The van der Waals surface area contributed by atoms with Crippen molar-refractivity contribution in [2.24, 2.45) is 23.2 Å². The number of ether oxygens (including phenoxy) is 3. The van der Waals surface area contributed by atoms with Crippen LogP contribution in [0.4, 0.5) is 0 Å². The fourth-order valence-electron chi connectivity index (χ4n) is 7.70. The van der Waals surface area contributed by atoms with Gasteiger partial charge in [0.25, 0.3) is 0 Å². The monoisotopic (exact) mass is 822 g/mol. The molecule has 2 heterocycles. The standard InChI is InChI=1S/C44H59ClN4O9/c1-27(2)20-38-42(54)57-36(28(3)32-23-33(32)31-13-10-29(11-14-31)24-48-16-18-49(19-17-48)25-40(51)52)8-7-9-39(50)47-35(22-30-12-15-37(56-6)34(45)21-30)41(53)46-26-44(4,5)43(55)58-38/h7,9-15,21,27-28,32-33,35-36,38H,8,16-20,22-26H2,1-6H3,(H,46,53)(H,47,50)(H,51,52)/b9-7+/t28-,32-,33?,35-,36+,38+/m1/s1. The molecule has 0 spiro atoms. The van der Waals surface area contributed by atoms with Crippen molar-refractivity contribution in [1.29, 1.82) is 0 Å². The van der Waals surface area contributed by atoms with Crippen LogP contribution in [0.25, 0.3) is 0 Å². The van der Waals surface area contributed by atoms with Gasteiger partial charge >= 0.3 is 17.9 Å². The molecule has 316 valence electrons. The minimum atomic E-state index is -1.21. The van der Waals surface area contributed by atoms with Gasteiger partial charge in [0.05, 0.1) is 24.1 Å². The fraction of sp³-hybridized carbons (Fsp3) is 0.568. The molecule has 1 aliphatic carbocycles. The van der Waals surface area contributed by atoms with Gasteiger partial charge in [-0.25, -0.2) is 4.79 Å². The summed E-state index contributed by atoms with van der Waals surface area (Å²) in [6.45, 7) is 13.0. The van der Waals surface area contributed by atoms with E-state index in [1.165, 1.54) is 24.3 Å². The van der Waals surface area contributed by atoms with Gasteiger partial charge in [-0.15, -0.1) is 0 Å². The van der Waals surface area contributed by atoms with Crippen LogP contribution in [0.3, 0.4) is 0 Å². The third-order valence-corrected chi connectivity index (χ3v) is 11.7. The lowest BCUT2D eigenvalue weighted by Gasteiger charge is -2.33. The van der Waals surface area contributed by atoms with Crippen molar-refractivity contribution in [3.63, 3.8) is 0 Å². The number of cyclic esters (lactones) is 2. The highest BCUT2D eigenvalue weighted by Gasteiger charge is 2.46. The number of hydrogen-bond acceptors (Lipinski definition) is 10. The number of hydrogen-bond donors (Lipinski definition) is 3. The van der Waals surface area contributed by atoms with E-state index in [9.17, 15) is 24.0 Å². The molecule has 1 unspecified atom stereocenters. The highest BCUT2D eigenvalue weighted by atomic mass is 35.5. The van der Waals surface area contributed by atoms with Gasteiger partial charge in [-0.1, -0.05) is 68.8 Å². The molecule has 6 atom stereocenters. The number of carbonyl (C=O) groups excluding carboxylic acids is 4. The zero-order valence-corrected chi connectivity index (χ0v) is 35.3. The summed E-state index contributed by atoms with van der Waals surface area (Å²) >= 11 is 6.36. The van der Waals surface area contributed by atoms with Crippen LogP contribution in [0.15, 0.2) is 54.6 Å². The summed E-state index contributed by atoms with van der Waals surface area (Å²) in [5.74, 6) is -2.18. The van der Waals surface area contributed by atoms with Crippen molar-refractivity contribution in [3.05, 3.63) is 76.3 Å². The van der Waals surface area contributed by atoms with Crippen LogP contribution in [0.1, 0.15) is 76.5 Å². The minimum Gasteiger partial charge on any atom is -0.495 e. The predicted octanol–water partition coefficient (Wildman–Crippen LogP) is 4.99. The molecule has 0 aromatic heterocycles. The Hall–Kier alpha value is -4.46. The Morgan fingerprint density at radius 3 is 2.29 bits per heavy atom. The SMILES string of the molecule is COc1ccc(C[C@H]2NC(=O)/C=C/C[C@@H]([C@H](C)[C@H]3CC3c3ccc(CN4CCN(CC(=O)O)CC4)cc3)OC(=O)[C@H](CC(C)C)OC(=O)C(C)(C)CNC2=O)cc1Cl. The molecule has 0 bridgehead atoms. The number of esters is 2. The lowest BCUT2D eigenvalue weighted by atomic mass is 9.92. The number of rotatable bonds is 12. The maximum absolute atomic E-state index is 13.8. The number of amides is 2. The molecule has 2 aromatic rings. The van der Waals surface area contributed by atoms with E-state index in [2.05, 4.69) is 46.7 Å². The maximum atomic E-state index is 13.8. The lowest BCUT2D eigenvalue weighted by Crippen LogP contribution is -2.51. The Balaban J connectivity index is 1.31. The van der Waals surface area contributed by atoms with Gasteiger partial charge in [0.2, 0.25) is 11.8 Å². The van der Waals surface area contributed by atoms with E-state index in [1.807, 2.05) is 18.7 Å². The minimum absolute atomic E-state index is 0.0165. The molecule has 2 aromatic carbocycles. The third kappa shape index (κ3) is 12.5. The number of aliphatic carboxylic acids is 1. The largest absolute Gasteiger partial charge is 0.495 e. The highest BCUT2D eigenvalue weighted by Crippen LogP contribution is 2.53. The van der Waals surface area contributed by atoms with E-state index >= 15 is 0 Å². The summed E-state index contributed by atoms with van der Waals surface area (Å²) in [5.41, 5.74) is 1.89. The highest BCUT2D eigenvalue weighted by molar-refractivity contribution is 6.32. The Labute approximate surface area is 346 Å². The van der Waals surface area contributed by atoms with Crippen LogP contribution in [-0.4, -0.2) is 109 Å². The Bertz CT molecular complexity index is 1810.